The Kier molecular flexibility index (Phi) is 10.3. The van der Waals surface area contributed by atoms with Crippen LogP contribution in [0.25, 0.3) is 0 Å². The van der Waals surface area contributed by atoms with Crippen molar-refractivity contribution in [2.75, 3.05) is 33.9 Å². The molecule has 0 spiro atoms. The van der Waals surface area contributed by atoms with Gasteiger partial charge in [-0.15, -0.1) is 35.3 Å². The minimum Gasteiger partial charge on any atom is -0.497 e. The van der Waals surface area contributed by atoms with Crippen LogP contribution in [0.4, 0.5) is 0 Å². The van der Waals surface area contributed by atoms with Crippen LogP contribution in [-0.4, -0.2) is 55.7 Å². The van der Waals surface area contributed by atoms with E-state index in [0.717, 1.165) is 60.8 Å². The standard InChI is InChI=1S/C22H33N5O2S.HI/c1-6-23-22(24-12-21-25-15(2)16(3)30-21)26-18-7-8-27(14-18)13-17-9-19(28-4)11-20(10-17)29-5;/h9-11,18H,6-8,12-14H2,1-5H3,(H2,23,24,26);1H. The molecule has 31 heavy (non-hydrogen) atoms. The third-order valence-corrected chi connectivity index (χ3v) is 6.28. The predicted molar refractivity (Wildman–Crippen MR) is 138 cm³/mol. The van der Waals surface area contributed by atoms with E-state index in [0.29, 0.717) is 12.6 Å². The van der Waals surface area contributed by atoms with Crippen LogP contribution < -0.4 is 20.1 Å². The first-order valence-corrected chi connectivity index (χ1v) is 11.2. The lowest BCUT2D eigenvalue weighted by Gasteiger charge is -2.19. The van der Waals surface area contributed by atoms with Crippen molar-refractivity contribution in [1.29, 1.82) is 0 Å². The number of ether oxygens (including phenoxy) is 2. The fourth-order valence-corrected chi connectivity index (χ4v) is 4.44. The van der Waals surface area contributed by atoms with Crippen molar-refractivity contribution >= 4 is 41.3 Å². The largest absolute Gasteiger partial charge is 0.497 e. The monoisotopic (exact) mass is 559 g/mol. The molecule has 1 unspecified atom stereocenters. The Morgan fingerprint density at radius 1 is 1.23 bits per heavy atom. The Hall–Kier alpha value is -1.59. The SMILES string of the molecule is CCNC(=NCc1nc(C)c(C)s1)NC1CCN(Cc2cc(OC)cc(OC)c2)C1.I. The average molecular weight is 560 g/mol. The lowest BCUT2D eigenvalue weighted by atomic mass is 10.2. The smallest absolute Gasteiger partial charge is 0.191 e. The number of rotatable bonds is 8. The van der Waals surface area contributed by atoms with Crippen molar-refractivity contribution in [2.24, 2.45) is 4.99 Å². The molecular formula is C22H34IN5O2S. The number of aromatic nitrogens is 1. The number of methoxy groups -OCH3 is 2. The van der Waals surface area contributed by atoms with Crippen LogP contribution in [0, 0.1) is 13.8 Å². The summed E-state index contributed by atoms with van der Waals surface area (Å²) in [5.41, 5.74) is 2.30. The Balaban J connectivity index is 0.00000341. The fraction of sp³-hybridized carbons (Fsp3) is 0.545. The van der Waals surface area contributed by atoms with Gasteiger partial charge in [0.2, 0.25) is 0 Å². The van der Waals surface area contributed by atoms with Crippen molar-refractivity contribution in [3.8, 4) is 11.5 Å². The van der Waals surface area contributed by atoms with Gasteiger partial charge in [0.1, 0.15) is 16.5 Å². The van der Waals surface area contributed by atoms with E-state index < -0.39 is 0 Å². The first-order chi connectivity index (χ1) is 14.5. The Morgan fingerprint density at radius 2 is 1.94 bits per heavy atom. The van der Waals surface area contributed by atoms with Gasteiger partial charge in [0.15, 0.2) is 5.96 Å². The number of aryl methyl sites for hydroxylation is 2. The number of nitrogens with zero attached hydrogens (tertiary/aromatic N) is 3. The molecule has 0 bridgehead atoms. The molecule has 7 nitrogen and oxygen atoms in total. The summed E-state index contributed by atoms with van der Waals surface area (Å²) < 4.78 is 10.8. The first-order valence-electron chi connectivity index (χ1n) is 10.4. The van der Waals surface area contributed by atoms with Gasteiger partial charge in [-0.25, -0.2) is 9.98 Å². The molecule has 1 aromatic heterocycles. The molecule has 1 aliphatic rings. The number of likely N-dealkylation sites (tertiary alicyclic amines) is 1. The molecule has 1 aromatic carbocycles. The van der Waals surface area contributed by atoms with Crippen LogP contribution in [0.5, 0.6) is 11.5 Å². The average Bonchev–Trinajstić information content (AvgIpc) is 3.31. The molecule has 0 aliphatic carbocycles. The molecule has 0 saturated carbocycles. The first kappa shape index (κ1) is 25.7. The topological polar surface area (TPSA) is 71.0 Å². The number of guanidine groups is 1. The number of nitrogens with one attached hydrogen (secondary N) is 2. The number of hydrogen-bond donors (Lipinski definition) is 2. The van der Waals surface area contributed by atoms with Gasteiger partial charge in [-0.3, -0.25) is 4.90 Å². The molecule has 0 amide bonds. The predicted octanol–water partition coefficient (Wildman–Crippen LogP) is 3.72. The summed E-state index contributed by atoms with van der Waals surface area (Å²) in [6.07, 6.45) is 1.08. The highest BCUT2D eigenvalue weighted by molar-refractivity contribution is 14.0. The zero-order valence-electron chi connectivity index (χ0n) is 19.0. The van der Waals surface area contributed by atoms with E-state index in [1.807, 2.05) is 13.0 Å². The van der Waals surface area contributed by atoms with Crippen LogP contribution in [0.2, 0.25) is 0 Å². The zero-order valence-corrected chi connectivity index (χ0v) is 22.2. The summed E-state index contributed by atoms with van der Waals surface area (Å²) in [4.78, 5) is 13.0. The highest BCUT2D eigenvalue weighted by Crippen LogP contribution is 2.24. The summed E-state index contributed by atoms with van der Waals surface area (Å²) in [6, 6.07) is 6.43. The maximum Gasteiger partial charge on any atom is 0.191 e. The highest BCUT2D eigenvalue weighted by atomic mass is 127. The van der Waals surface area contributed by atoms with Crippen molar-refractivity contribution < 1.29 is 9.47 Å². The van der Waals surface area contributed by atoms with Crippen molar-refractivity contribution in [1.82, 2.24) is 20.5 Å². The molecule has 2 aromatic rings. The van der Waals surface area contributed by atoms with Gasteiger partial charge >= 0.3 is 0 Å². The van der Waals surface area contributed by atoms with E-state index in [1.165, 1.54) is 10.4 Å². The van der Waals surface area contributed by atoms with E-state index in [-0.39, 0.29) is 24.0 Å². The third-order valence-electron chi connectivity index (χ3n) is 5.22. The lowest BCUT2D eigenvalue weighted by Crippen LogP contribution is -2.44. The molecule has 2 heterocycles. The van der Waals surface area contributed by atoms with E-state index in [4.69, 9.17) is 14.5 Å². The highest BCUT2D eigenvalue weighted by Gasteiger charge is 2.23. The van der Waals surface area contributed by atoms with Crippen LogP contribution >= 0.6 is 35.3 Å². The number of aliphatic imine (C=N–C) groups is 1. The zero-order chi connectivity index (χ0) is 21.5. The summed E-state index contributed by atoms with van der Waals surface area (Å²) in [6.45, 7) is 10.6. The quantitative estimate of drug-likeness (QED) is 0.292. The van der Waals surface area contributed by atoms with Crippen LogP contribution in [-0.2, 0) is 13.1 Å². The Labute approximate surface area is 206 Å². The third kappa shape index (κ3) is 7.50. The summed E-state index contributed by atoms with van der Waals surface area (Å²) in [5, 5.41) is 8.01. The minimum atomic E-state index is 0. The molecule has 9 heteroatoms. The second-order valence-corrected chi connectivity index (χ2v) is 8.82. The van der Waals surface area contributed by atoms with Gasteiger partial charge in [0, 0.05) is 43.2 Å². The van der Waals surface area contributed by atoms with Gasteiger partial charge < -0.3 is 20.1 Å². The fourth-order valence-electron chi connectivity index (χ4n) is 3.58. The molecule has 1 fully saturated rings. The van der Waals surface area contributed by atoms with Crippen LogP contribution in [0.15, 0.2) is 23.2 Å². The number of hydrogen-bond acceptors (Lipinski definition) is 6. The van der Waals surface area contributed by atoms with Crippen molar-refractivity contribution in [2.45, 2.75) is 46.3 Å². The Morgan fingerprint density at radius 3 is 2.52 bits per heavy atom. The molecule has 1 atom stereocenters. The van der Waals surface area contributed by atoms with Crippen molar-refractivity contribution in [3.05, 3.63) is 39.3 Å². The van der Waals surface area contributed by atoms with Gasteiger partial charge in [-0.05, 0) is 44.9 Å². The lowest BCUT2D eigenvalue weighted by molar-refractivity contribution is 0.321. The molecule has 1 aliphatic heterocycles. The van der Waals surface area contributed by atoms with E-state index >= 15 is 0 Å². The van der Waals surface area contributed by atoms with Gasteiger partial charge in [0.05, 0.1) is 26.5 Å². The van der Waals surface area contributed by atoms with Gasteiger partial charge in [0.25, 0.3) is 0 Å². The van der Waals surface area contributed by atoms with Crippen LogP contribution in [0.3, 0.4) is 0 Å². The van der Waals surface area contributed by atoms with Gasteiger partial charge in [-0.2, -0.15) is 0 Å². The molecule has 172 valence electrons. The second kappa shape index (κ2) is 12.4. The maximum absolute atomic E-state index is 5.40. The van der Waals surface area contributed by atoms with Gasteiger partial charge in [-0.1, -0.05) is 0 Å². The van der Waals surface area contributed by atoms with Crippen molar-refractivity contribution in [3.63, 3.8) is 0 Å². The van der Waals surface area contributed by atoms with Crippen LogP contribution in [0.1, 0.15) is 34.5 Å². The minimum absolute atomic E-state index is 0. The Bertz CT molecular complexity index is 832. The molecule has 2 N–H and O–H groups in total. The van der Waals surface area contributed by atoms with E-state index in [9.17, 15) is 0 Å². The maximum atomic E-state index is 5.40. The normalized spacial score (nSPS) is 16.7. The summed E-state index contributed by atoms with van der Waals surface area (Å²) in [7, 11) is 3.37. The molecule has 0 radical (unpaired) electrons. The second-order valence-electron chi connectivity index (χ2n) is 7.53. The molecule has 1 saturated heterocycles. The van der Waals surface area contributed by atoms with E-state index in [2.05, 4.69) is 46.5 Å². The number of thiazole rings is 1. The summed E-state index contributed by atoms with van der Waals surface area (Å²) >= 11 is 1.72. The number of benzene rings is 1. The molecule has 3 rings (SSSR count). The number of halogens is 1. The molecular weight excluding hydrogens is 525 g/mol. The van der Waals surface area contributed by atoms with E-state index in [1.54, 1.807) is 25.6 Å². The summed E-state index contributed by atoms with van der Waals surface area (Å²) in [5.74, 6) is 2.51.